The molecule has 88 valence electrons. The van der Waals surface area contributed by atoms with Gasteiger partial charge in [-0.25, -0.2) is 0 Å². The standard InChI is InChI=1S/C13H25NO/c15-13(12-7-4-10-14-12)9-8-11-5-2-1-3-6-11/h11-15H,1-10H2/t12?,13-/m0/s1. The molecule has 2 fully saturated rings. The molecule has 1 aliphatic carbocycles. The van der Waals surface area contributed by atoms with Gasteiger partial charge in [-0.1, -0.05) is 32.1 Å². The first-order valence-electron chi connectivity index (χ1n) is 6.78. The van der Waals surface area contributed by atoms with Crippen LogP contribution in [0, 0.1) is 5.92 Å². The van der Waals surface area contributed by atoms with Gasteiger partial charge in [0.2, 0.25) is 0 Å². The molecule has 2 nitrogen and oxygen atoms in total. The fourth-order valence-electron chi connectivity index (χ4n) is 3.12. The maximum Gasteiger partial charge on any atom is 0.0693 e. The number of aliphatic hydroxyl groups is 1. The van der Waals surface area contributed by atoms with E-state index in [1.807, 2.05) is 0 Å². The quantitative estimate of drug-likeness (QED) is 0.748. The average Bonchev–Trinajstić information content (AvgIpc) is 2.81. The second kappa shape index (κ2) is 5.86. The Hall–Kier alpha value is -0.0800. The predicted octanol–water partition coefficient (Wildman–Crippen LogP) is 2.46. The van der Waals surface area contributed by atoms with Crippen LogP contribution in [0.5, 0.6) is 0 Å². The zero-order chi connectivity index (χ0) is 10.5. The van der Waals surface area contributed by atoms with E-state index < -0.39 is 0 Å². The van der Waals surface area contributed by atoms with E-state index in [1.54, 1.807) is 0 Å². The fourth-order valence-corrected chi connectivity index (χ4v) is 3.12. The van der Waals surface area contributed by atoms with Crippen molar-refractivity contribution in [1.82, 2.24) is 5.32 Å². The van der Waals surface area contributed by atoms with Crippen LogP contribution >= 0.6 is 0 Å². The lowest BCUT2D eigenvalue weighted by atomic mass is 9.85. The summed E-state index contributed by atoms with van der Waals surface area (Å²) in [6, 6.07) is 0.397. The van der Waals surface area contributed by atoms with E-state index in [-0.39, 0.29) is 6.10 Å². The highest BCUT2D eigenvalue weighted by Gasteiger charge is 2.23. The minimum atomic E-state index is -0.0885. The van der Waals surface area contributed by atoms with E-state index in [0.717, 1.165) is 18.9 Å². The van der Waals surface area contributed by atoms with Gasteiger partial charge in [-0.2, -0.15) is 0 Å². The third-order valence-corrected chi connectivity index (χ3v) is 4.16. The van der Waals surface area contributed by atoms with Crippen LogP contribution in [0.1, 0.15) is 57.8 Å². The molecule has 0 amide bonds. The molecule has 0 spiro atoms. The number of hydrogen-bond donors (Lipinski definition) is 2. The Bertz CT molecular complexity index is 171. The molecule has 15 heavy (non-hydrogen) atoms. The molecule has 1 saturated carbocycles. The lowest BCUT2D eigenvalue weighted by molar-refractivity contribution is 0.115. The summed E-state index contributed by atoms with van der Waals surface area (Å²) in [5.41, 5.74) is 0. The average molecular weight is 211 g/mol. The van der Waals surface area contributed by atoms with Crippen LogP contribution in [0.3, 0.4) is 0 Å². The molecule has 0 aromatic carbocycles. The third-order valence-electron chi connectivity index (χ3n) is 4.16. The molecule has 0 aromatic rings. The van der Waals surface area contributed by atoms with Crippen LogP contribution in [0.2, 0.25) is 0 Å². The first-order valence-corrected chi connectivity index (χ1v) is 6.78. The lowest BCUT2D eigenvalue weighted by Gasteiger charge is -2.24. The summed E-state index contributed by atoms with van der Waals surface area (Å²) in [6.07, 6.45) is 11.7. The third kappa shape index (κ3) is 3.46. The summed E-state index contributed by atoms with van der Waals surface area (Å²) < 4.78 is 0. The van der Waals surface area contributed by atoms with Crippen molar-refractivity contribution < 1.29 is 5.11 Å². The first kappa shape index (κ1) is 11.4. The minimum absolute atomic E-state index is 0.0885. The van der Waals surface area contributed by atoms with Gasteiger partial charge < -0.3 is 10.4 Å². The van der Waals surface area contributed by atoms with Crippen molar-refractivity contribution in [3.05, 3.63) is 0 Å². The number of hydrogen-bond acceptors (Lipinski definition) is 2. The van der Waals surface area contributed by atoms with Crippen LogP contribution < -0.4 is 5.32 Å². The maximum absolute atomic E-state index is 10.0. The van der Waals surface area contributed by atoms with Crippen LogP contribution in [-0.2, 0) is 0 Å². The van der Waals surface area contributed by atoms with Crippen molar-refractivity contribution in [2.45, 2.75) is 69.9 Å². The molecule has 2 rings (SSSR count). The first-order chi connectivity index (χ1) is 7.36. The molecule has 1 aliphatic heterocycles. The number of aliphatic hydroxyl groups excluding tert-OH is 1. The molecule has 0 bridgehead atoms. The van der Waals surface area contributed by atoms with Crippen LogP contribution in [-0.4, -0.2) is 23.8 Å². The summed E-state index contributed by atoms with van der Waals surface area (Å²) in [5.74, 6) is 0.912. The zero-order valence-corrected chi connectivity index (χ0v) is 9.75. The molecule has 0 radical (unpaired) electrons. The molecule has 2 atom stereocenters. The summed E-state index contributed by atoms with van der Waals surface area (Å²) in [4.78, 5) is 0. The topological polar surface area (TPSA) is 32.3 Å². The molecule has 2 heteroatoms. The van der Waals surface area contributed by atoms with Gasteiger partial charge in [-0.3, -0.25) is 0 Å². The highest BCUT2D eigenvalue weighted by Crippen LogP contribution is 2.28. The Balaban J connectivity index is 1.63. The van der Waals surface area contributed by atoms with Gasteiger partial charge in [-0.05, 0) is 38.1 Å². The van der Waals surface area contributed by atoms with E-state index in [9.17, 15) is 5.11 Å². The number of rotatable bonds is 4. The van der Waals surface area contributed by atoms with Crippen LogP contribution in [0.4, 0.5) is 0 Å². The van der Waals surface area contributed by atoms with E-state index in [4.69, 9.17) is 0 Å². The molecular formula is C13H25NO. The summed E-state index contributed by atoms with van der Waals surface area (Å²) >= 11 is 0. The largest absolute Gasteiger partial charge is 0.392 e. The normalized spacial score (nSPS) is 30.6. The smallest absolute Gasteiger partial charge is 0.0693 e. The molecular weight excluding hydrogens is 186 g/mol. The predicted molar refractivity (Wildman–Crippen MR) is 62.8 cm³/mol. The molecule has 2 N–H and O–H groups in total. The maximum atomic E-state index is 10.0. The molecule has 1 heterocycles. The van der Waals surface area contributed by atoms with E-state index in [0.29, 0.717) is 6.04 Å². The Morgan fingerprint density at radius 2 is 1.87 bits per heavy atom. The monoisotopic (exact) mass is 211 g/mol. The van der Waals surface area contributed by atoms with Gasteiger partial charge in [0.15, 0.2) is 0 Å². The Morgan fingerprint density at radius 1 is 1.07 bits per heavy atom. The van der Waals surface area contributed by atoms with Gasteiger partial charge in [0.05, 0.1) is 6.10 Å². The second-order valence-corrected chi connectivity index (χ2v) is 5.35. The van der Waals surface area contributed by atoms with Gasteiger partial charge in [0.1, 0.15) is 0 Å². The highest BCUT2D eigenvalue weighted by molar-refractivity contribution is 4.81. The van der Waals surface area contributed by atoms with E-state index >= 15 is 0 Å². The van der Waals surface area contributed by atoms with Crippen molar-refractivity contribution in [3.8, 4) is 0 Å². The molecule has 2 aliphatic rings. The molecule has 1 unspecified atom stereocenters. The fraction of sp³-hybridized carbons (Fsp3) is 1.00. The zero-order valence-electron chi connectivity index (χ0n) is 9.75. The van der Waals surface area contributed by atoms with Gasteiger partial charge in [0, 0.05) is 6.04 Å². The summed E-state index contributed by atoms with van der Waals surface area (Å²) in [7, 11) is 0. The Labute approximate surface area is 93.5 Å². The summed E-state index contributed by atoms with van der Waals surface area (Å²) in [5, 5.41) is 13.4. The molecule has 0 aromatic heterocycles. The van der Waals surface area contributed by atoms with Crippen molar-refractivity contribution >= 4 is 0 Å². The van der Waals surface area contributed by atoms with Crippen molar-refractivity contribution in [3.63, 3.8) is 0 Å². The van der Waals surface area contributed by atoms with E-state index in [1.165, 1.54) is 51.4 Å². The SMILES string of the molecule is O[C@@H](CCC1CCCCC1)C1CCCN1. The van der Waals surface area contributed by atoms with Crippen molar-refractivity contribution in [1.29, 1.82) is 0 Å². The van der Waals surface area contributed by atoms with Gasteiger partial charge >= 0.3 is 0 Å². The van der Waals surface area contributed by atoms with Crippen molar-refractivity contribution in [2.75, 3.05) is 6.54 Å². The van der Waals surface area contributed by atoms with Crippen molar-refractivity contribution in [2.24, 2.45) is 5.92 Å². The van der Waals surface area contributed by atoms with E-state index in [2.05, 4.69) is 5.32 Å². The second-order valence-electron chi connectivity index (χ2n) is 5.35. The Morgan fingerprint density at radius 3 is 2.53 bits per heavy atom. The van der Waals surface area contributed by atoms with Gasteiger partial charge in [-0.15, -0.1) is 0 Å². The minimum Gasteiger partial charge on any atom is -0.392 e. The van der Waals surface area contributed by atoms with Crippen LogP contribution in [0.15, 0.2) is 0 Å². The Kier molecular flexibility index (Phi) is 4.45. The summed E-state index contributed by atoms with van der Waals surface area (Å²) in [6.45, 7) is 1.10. The lowest BCUT2D eigenvalue weighted by Crippen LogP contribution is -2.35. The van der Waals surface area contributed by atoms with Crippen LogP contribution in [0.25, 0.3) is 0 Å². The number of nitrogens with one attached hydrogen (secondary N) is 1. The van der Waals surface area contributed by atoms with Gasteiger partial charge in [0.25, 0.3) is 0 Å². The highest BCUT2D eigenvalue weighted by atomic mass is 16.3. The molecule has 1 saturated heterocycles.